The summed E-state index contributed by atoms with van der Waals surface area (Å²) in [4.78, 5) is 0. The Hall–Kier alpha value is -1.49. The number of likely N-dealkylation sites (N-methyl/N-ethyl adjacent to an activating group) is 1. The minimum atomic E-state index is -4.65. The molecule has 1 aromatic rings. The van der Waals surface area contributed by atoms with Gasteiger partial charge in [0.05, 0.1) is 0 Å². The molecule has 2 nitrogen and oxygen atoms in total. The van der Waals surface area contributed by atoms with Gasteiger partial charge in [0, 0.05) is 6.54 Å². The molecule has 1 N–H and O–H groups in total. The van der Waals surface area contributed by atoms with Crippen molar-refractivity contribution in [2.45, 2.75) is 6.36 Å². The van der Waals surface area contributed by atoms with E-state index in [0.29, 0.717) is 12.1 Å². The van der Waals surface area contributed by atoms with E-state index >= 15 is 0 Å². The van der Waals surface area contributed by atoms with Gasteiger partial charge in [-0.3, -0.25) is 0 Å². The third-order valence-electron chi connectivity index (χ3n) is 1.72. The van der Waals surface area contributed by atoms with Crippen molar-refractivity contribution in [2.24, 2.45) is 0 Å². The van der Waals surface area contributed by atoms with Crippen LogP contribution in [-0.2, 0) is 0 Å². The zero-order chi connectivity index (χ0) is 12.0. The molecule has 0 aliphatic carbocycles. The molecular formula is C11H12F3NO. The zero-order valence-corrected chi connectivity index (χ0v) is 8.71. The van der Waals surface area contributed by atoms with Gasteiger partial charge in [0.25, 0.3) is 0 Å². The van der Waals surface area contributed by atoms with Crippen molar-refractivity contribution < 1.29 is 17.9 Å². The molecule has 5 heteroatoms. The molecule has 0 saturated carbocycles. The number of hydrogen-bond donors (Lipinski definition) is 1. The van der Waals surface area contributed by atoms with Crippen LogP contribution in [0.4, 0.5) is 13.2 Å². The maximum Gasteiger partial charge on any atom is 0.573 e. The maximum atomic E-state index is 11.9. The third-order valence-corrected chi connectivity index (χ3v) is 1.72. The van der Waals surface area contributed by atoms with Crippen LogP contribution in [0.25, 0.3) is 6.08 Å². The van der Waals surface area contributed by atoms with E-state index in [-0.39, 0.29) is 5.75 Å². The van der Waals surface area contributed by atoms with Crippen LogP contribution in [0.15, 0.2) is 30.3 Å². The van der Waals surface area contributed by atoms with Gasteiger partial charge < -0.3 is 10.1 Å². The van der Waals surface area contributed by atoms with Crippen molar-refractivity contribution in [1.29, 1.82) is 0 Å². The largest absolute Gasteiger partial charge is 0.573 e. The van der Waals surface area contributed by atoms with Gasteiger partial charge in [-0.2, -0.15) is 0 Å². The average molecular weight is 231 g/mol. The Morgan fingerprint density at radius 1 is 1.38 bits per heavy atom. The number of nitrogens with one attached hydrogen (secondary N) is 1. The van der Waals surface area contributed by atoms with E-state index in [0.717, 1.165) is 0 Å². The van der Waals surface area contributed by atoms with Gasteiger partial charge >= 0.3 is 6.36 Å². The van der Waals surface area contributed by atoms with E-state index in [9.17, 15) is 13.2 Å². The number of ether oxygens (including phenoxy) is 1. The molecule has 0 radical (unpaired) electrons. The molecule has 0 aliphatic heterocycles. The lowest BCUT2D eigenvalue weighted by atomic mass is 10.2. The summed E-state index contributed by atoms with van der Waals surface area (Å²) in [5, 5.41) is 2.89. The van der Waals surface area contributed by atoms with Gasteiger partial charge in [-0.05, 0) is 24.7 Å². The summed E-state index contributed by atoms with van der Waals surface area (Å²) in [5.74, 6) is -0.209. The van der Waals surface area contributed by atoms with Gasteiger partial charge in [0.1, 0.15) is 5.75 Å². The molecule has 0 aliphatic rings. The molecule has 1 aromatic carbocycles. The highest BCUT2D eigenvalue weighted by atomic mass is 19.4. The Morgan fingerprint density at radius 3 is 2.75 bits per heavy atom. The van der Waals surface area contributed by atoms with Crippen molar-refractivity contribution in [3.8, 4) is 5.75 Å². The molecule has 16 heavy (non-hydrogen) atoms. The van der Waals surface area contributed by atoms with E-state index in [4.69, 9.17) is 0 Å². The predicted molar refractivity (Wildman–Crippen MR) is 56.1 cm³/mol. The van der Waals surface area contributed by atoms with Crippen LogP contribution in [0.2, 0.25) is 0 Å². The average Bonchev–Trinajstić information content (AvgIpc) is 2.16. The topological polar surface area (TPSA) is 21.3 Å². The first-order chi connectivity index (χ1) is 7.51. The smallest absolute Gasteiger partial charge is 0.406 e. The standard InChI is InChI=1S/C11H12F3NO/c1-15-7-3-5-9-4-2-6-10(8-9)16-11(12,13)14/h2-6,8,15H,7H2,1H3/b5-3+. The van der Waals surface area contributed by atoms with E-state index in [1.165, 1.54) is 18.2 Å². The fourth-order valence-electron chi connectivity index (χ4n) is 1.13. The normalized spacial score (nSPS) is 12.0. The lowest BCUT2D eigenvalue weighted by Gasteiger charge is -2.08. The Balaban J connectivity index is 2.71. The van der Waals surface area contributed by atoms with Crippen LogP contribution >= 0.6 is 0 Å². The highest BCUT2D eigenvalue weighted by Crippen LogP contribution is 2.23. The van der Waals surface area contributed by atoms with E-state index in [2.05, 4.69) is 10.1 Å². The fraction of sp³-hybridized carbons (Fsp3) is 0.273. The second-order valence-electron chi connectivity index (χ2n) is 3.08. The maximum absolute atomic E-state index is 11.9. The number of alkyl halides is 3. The van der Waals surface area contributed by atoms with Gasteiger partial charge in [0.15, 0.2) is 0 Å². The highest BCUT2D eigenvalue weighted by molar-refractivity contribution is 5.51. The summed E-state index contributed by atoms with van der Waals surface area (Å²) in [6, 6.07) is 5.82. The molecule has 0 amide bonds. The zero-order valence-electron chi connectivity index (χ0n) is 8.71. The molecule has 0 bridgehead atoms. The monoisotopic (exact) mass is 231 g/mol. The summed E-state index contributed by atoms with van der Waals surface area (Å²) >= 11 is 0. The molecule has 0 unspecified atom stereocenters. The number of benzene rings is 1. The van der Waals surface area contributed by atoms with Crippen molar-refractivity contribution in [1.82, 2.24) is 5.32 Å². The summed E-state index contributed by atoms with van der Waals surface area (Å²) in [5.41, 5.74) is 0.664. The molecule has 0 spiro atoms. The molecule has 1 rings (SSSR count). The summed E-state index contributed by atoms with van der Waals surface area (Å²) in [6.07, 6.45) is -1.11. The van der Waals surface area contributed by atoms with Gasteiger partial charge in [-0.25, -0.2) is 0 Å². The van der Waals surface area contributed by atoms with Crippen LogP contribution < -0.4 is 10.1 Å². The van der Waals surface area contributed by atoms with Gasteiger partial charge in [0.2, 0.25) is 0 Å². The molecule has 0 heterocycles. The fourth-order valence-corrected chi connectivity index (χ4v) is 1.13. The molecule has 0 atom stereocenters. The van der Waals surface area contributed by atoms with E-state index < -0.39 is 6.36 Å². The Labute approximate surface area is 91.7 Å². The van der Waals surface area contributed by atoms with E-state index in [1.807, 2.05) is 6.08 Å². The quantitative estimate of drug-likeness (QED) is 0.860. The lowest BCUT2D eigenvalue weighted by Crippen LogP contribution is -2.17. The minimum absolute atomic E-state index is 0.209. The third kappa shape index (κ3) is 4.84. The van der Waals surface area contributed by atoms with Crippen molar-refractivity contribution >= 4 is 6.08 Å². The predicted octanol–water partition coefficient (Wildman–Crippen LogP) is 2.82. The van der Waals surface area contributed by atoms with Crippen LogP contribution in [0.1, 0.15) is 5.56 Å². The first-order valence-corrected chi connectivity index (χ1v) is 4.68. The van der Waals surface area contributed by atoms with Crippen LogP contribution in [0, 0.1) is 0 Å². The highest BCUT2D eigenvalue weighted by Gasteiger charge is 2.30. The molecule has 0 saturated heterocycles. The second-order valence-corrected chi connectivity index (χ2v) is 3.08. The van der Waals surface area contributed by atoms with Crippen LogP contribution in [-0.4, -0.2) is 20.0 Å². The lowest BCUT2D eigenvalue weighted by molar-refractivity contribution is -0.274. The second kappa shape index (κ2) is 5.55. The van der Waals surface area contributed by atoms with Gasteiger partial charge in [-0.15, -0.1) is 13.2 Å². The van der Waals surface area contributed by atoms with Crippen molar-refractivity contribution in [2.75, 3.05) is 13.6 Å². The Morgan fingerprint density at radius 2 is 2.12 bits per heavy atom. The summed E-state index contributed by atoms with van der Waals surface area (Å²) in [7, 11) is 1.79. The minimum Gasteiger partial charge on any atom is -0.406 e. The summed E-state index contributed by atoms with van der Waals surface area (Å²) in [6.45, 7) is 0.657. The molecular weight excluding hydrogens is 219 g/mol. The number of rotatable bonds is 4. The molecule has 0 fully saturated rings. The van der Waals surface area contributed by atoms with Crippen molar-refractivity contribution in [3.63, 3.8) is 0 Å². The van der Waals surface area contributed by atoms with Gasteiger partial charge in [-0.1, -0.05) is 24.3 Å². The van der Waals surface area contributed by atoms with Crippen molar-refractivity contribution in [3.05, 3.63) is 35.9 Å². The number of halogens is 3. The SMILES string of the molecule is CNC/C=C/c1cccc(OC(F)(F)F)c1. The summed E-state index contributed by atoms with van der Waals surface area (Å²) < 4.78 is 39.6. The molecule has 0 aromatic heterocycles. The number of hydrogen-bond acceptors (Lipinski definition) is 2. The first kappa shape index (κ1) is 12.6. The first-order valence-electron chi connectivity index (χ1n) is 4.68. The molecule has 88 valence electrons. The van der Waals surface area contributed by atoms with E-state index in [1.54, 1.807) is 19.2 Å². The Kier molecular flexibility index (Phi) is 4.37. The van der Waals surface area contributed by atoms with Crippen LogP contribution in [0.3, 0.4) is 0 Å². The Bertz CT molecular complexity index is 360. The van der Waals surface area contributed by atoms with Crippen LogP contribution in [0.5, 0.6) is 5.75 Å².